The summed E-state index contributed by atoms with van der Waals surface area (Å²) in [7, 11) is 1.63. The number of carbonyl (C=O) groups is 1. The van der Waals surface area contributed by atoms with Gasteiger partial charge < -0.3 is 24.6 Å². The first kappa shape index (κ1) is 20.8. The molecule has 2 heterocycles. The van der Waals surface area contributed by atoms with Gasteiger partial charge in [0, 0.05) is 23.4 Å². The zero-order valence-corrected chi connectivity index (χ0v) is 17.8. The predicted molar refractivity (Wildman–Crippen MR) is 116 cm³/mol. The first-order valence-corrected chi connectivity index (χ1v) is 11.0. The number of hydrogen-bond donors (Lipinski definition) is 3. The molecule has 0 unspecified atom stereocenters. The van der Waals surface area contributed by atoms with E-state index in [1.165, 1.54) is 51.1 Å². The molecule has 0 saturated carbocycles. The third kappa shape index (κ3) is 5.59. The Morgan fingerprint density at radius 3 is 2.37 bits per heavy atom. The summed E-state index contributed by atoms with van der Waals surface area (Å²) < 4.78 is 10.9. The van der Waals surface area contributed by atoms with Crippen LogP contribution < -0.4 is 19.9 Å². The second kappa shape index (κ2) is 10.1. The number of piperazine rings is 1. The van der Waals surface area contributed by atoms with Crippen LogP contribution in [0.25, 0.3) is 0 Å². The molecular weight excluding hydrogens is 378 g/mol. The maximum absolute atomic E-state index is 12.5. The lowest BCUT2D eigenvalue weighted by atomic mass is 10.1. The monoisotopic (exact) mass is 411 g/mol. The van der Waals surface area contributed by atoms with Crippen molar-refractivity contribution in [2.75, 3.05) is 51.8 Å². The van der Waals surface area contributed by atoms with Gasteiger partial charge in [-0.05, 0) is 49.2 Å². The molecule has 6 heteroatoms. The fourth-order valence-electron chi connectivity index (χ4n) is 4.41. The molecule has 0 radical (unpaired) electrons. The average Bonchev–Trinajstić information content (AvgIpc) is 3.29. The normalized spacial score (nSPS) is 23.8. The Morgan fingerprint density at radius 1 is 1.03 bits per heavy atom. The molecule has 4 rings (SSSR count). The molecule has 6 nitrogen and oxygen atoms in total. The van der Waals surface area contributed by atoms with Crippen LogP contribution >= 0.6 is 0 Å². The molecular formula is C24H33N3O3+2. The molecule has 0 aliphatic carbocycles. The first-order chi connectivity index (χ1) is 14.7. The van der Waals surface area contributed by atoms with Gasteiger partial charge in [0.05, 0.1) is 7.11 Å². The number of hydrogen-bond acceptors (Lipinski definition) is 3. The summed E-state index contributed by atoms with van der Waals surface area (Å²) in [4.78, 5) is 15.8. The molecule has 1 amide bonds. The first-order valence-electron chi connectivity index (χ1n) is 11.0. The minimum atomic E-state index is -0.0922. The number of rotatable bonds is 7. The van der Waals surface area contributed by atoms with Crippen molar-refractivity contribution in [1.29, 1.82) is 0 Å². The number of carbonyl (C=O) groups excluding carboxylic acids is 1. The molecule has 2 aliphatic heterocycles. The fraction of sp³-hybridized carbons (Fsp3) is 0.458. The van der Waals surface area contributed by atoms with Gasteiger partial charge in [0.25, 0.3) is 5.91 Å². The van der Waals surface area contributed by atoms with Crippen LogP contribution in [0.5, 0.6) is 5.75 Å². The number of anilines is 1. The quantitative estimate of drug-likeness (QED) is 0.619. The van der Waals surface area contributed by atoms with Gasteiger partial charge in [-0.2, -0.15) is 0 Å². The smallest absolute Gasteiger partial charge is 0.255 e. The summed E-state index contributed by atoms with van der Waals surface area (Å²) in [5, 5.41) is 2.93. The van der Waals surface area contributed by atoms with E-state index in [1.807, 2.05) is 36.4 Å². The van der Waals surface area contributed by atoms with Crippen LogP contribution in [0.4, 0.5) is 5.69 Å². The molecule has 0 bridgehead atoms. The third-order valence-electron chi connectivity index (χ3n) is 6.22. The van der Waals surface area contributed by atoms with Crippen LogP contribution in [0.1, 0.15) is 28.8 Å². The summed E-state index contributed by atoms with van der Waals surface area (Å²) in [5.41, 5.74) is 2.72. The maximum Gasteiger partial charge on any atom is 0.255 e. The summed E-state index contributed by atoms with van der Waals surface area (Å²) in [6.45, 7) is 7.97. The van der Waals surface area contributed by atoms with Crippen molar-refractivity contribution >= 4 is 11.6 Å². The van der Waals surface area contributed by atoms with E-state index in [4.69, 9.17) is 9.47 Å². The lowest BCUT2D eigenvalue weighted by Crippen LogP contribution is -3.28. The second-order valence-electron chi connectivity index (χ2n) is 8.40. The molecule has 30 heavy (non-hydrogen) atoms. The molecule has 160 valence electrons. The van der Waals surface area contributed by atoms with Crippen LogP contribution in [0, 0.1) is 0 Å². The Hall–Kier alpha value is -2.41. The van der Waals surface area contributed by atoms with Crippen molar-refractivity contribution in [3.05, 3.63) is 59.7 Å². The Labute approximate surface area is 178 Å². The maximum atomic E-state index is 12.5. The number of nitrogens with one attached hydrogen (secondary N) is 3. The molecule has 2 aliphatic rings. The van der Waals surface area contributed by atoms with E-state index in [-0.39, 0.29) is 5.91 Å². The van der Waals surface area contributed by atoms with Crippen molar-refractivity contribution in [3.63, 3.8) is 0 Å². The number of amides is 1. The topological polar surface area (TPSA) is 56.4 Å². The number of benzene rings is 2. The van der Waals surface area contributed by atoms with Crippen LogP contribution in [-0.2, 0) is 11.3 Å². The number of quaternary nitrogens is 2. The van der Waals surface area contributed by atoms with Crippen LogP contribution in [0.3, 0.4) is 0 Å². The molecule has 1 atom stereocenters. The van der Waals surface area contributed by atoms with E-state index >= 15 is 0 Å². The largest absolute Gasteiger partial charge is 0.497 e. The minimum absolute atomic E-state index is 0.0922. The Balaban J connectivity index is 1.23. The van der Waals surface area contributed by atoms with Crippen molar-refractivity contribution < 1.29 is 24.1 Å². The highest BCUT2D eigenvalue weighted by molar-refractivity contribution is 6.04. The zero-order chi connectivity index (χ0) is 20.8. The number of ether oxygens (including phenoxy) is 2. The molecule has 0 aromatic heterocycles. The third-order valence-corrected chi connectivity index (χ3v) is 6.22. The van der Waals surface area contributed by atoms with Gasteiger partial charge in [-0.25, -0.2) is 0 Å². The SMILES string of the molecule is COc1ccc(NC(=O)c2ccc(C[NH+]3CC[NH+](C[C@@H]4CCCO4)CC3)cc2)cc1. The summed E-state index contributed by atoms with van der Waals surface area (Å²) in [6.07, 6.45) is 2.94. The Bertz CT molecular complexity index is 809. The van der Waals surface area contributed by atoms with E-state index in [9.17, 15) is 4.79 Å². The van der Waals surface area contributed by atoms with Crippen molar-refractivity contribution in [3.8, 4) is 5.75 Å². The highest BCUT2D eigenvalue weighted by Gasteiger charge is 2.27. The van der Waals surface area contributed by atoms with E-state index in [2.05, 4.69) is 17.4 Å². The van der Waals surface area contributed by atoms with Gasteiger partial charge >= 0.3 is 0 Å². The Kier molecular flexibility index (Phi) is 7.00. The molecule has 2 fully saturated rings. The van der Waals surface area contributed by atoms with E-state index in [0.717, 1.165) is 24.6 Å². The highest BCUT2D eigenvalue weighted by atomic mass is 16.5. The summed E-state index contributed by atoms with van der Waals surface area (Å²) >= 11 is 0. The summed E-state index contributed by atoms with van der Waals surface area (Å²) in [5.74, 6) is 0.680. The van der Waals surface area contributed by atoms with Gasteiger partial charge in [0.2, 0.25) is 0 Å². The highest BCUT2D eigenvalue weighted by Crippen LogP contribution is 2.16. The number of methoxy groups -OCH3 is 1. The second-order valence-corrected chi connectivity index (χ2v) is 8.40. The molecule has 0 spiro atoms. The Morgan fingerprint density at radius 2 is 1.73 bits per heavy atom. The molecule has 2 aromatic carbocycles. The minimum Gasteiger partial charge on any atom is -0.497 e. The lowest BCUT2D eigenvalue weighted by molar-refractivity contribution is -1.02. The van der Waals surface area contributed by atoms with E-state index in [1.54, 1.807) is 16.9 Å². The van der Waals surface area contributed by atoms with Gasteiger partial charge in [-0.1, -0.05) is 12.1 Å². The van der Waals surface area contributed by atoms with E-state index in [0.29, 0.717) is 11.7 Å². The summed E-state index contributed by atoms with van der Waals surface area (Å²) in [6, 6.07) is 15.4. The van der Waals surface area contributed by atoms with Crippen molar-refractivity contribution in [1.82, 2.24) is 0 Å². The van der Waals surface area contributed by atoms with Crippen LogP contribution in [0.15, 0.2) is 48.5 Å². The predicted octanol–water partition coefficient (Wildman–Crippen LogP) is 0.410. The van der Waals surface area contributed by atoms with Crippen LogP contribution in [0.2, 0.25) is 0 Å². The standard InChI is InChI=1S/C24H31N3O3/c1-29-22-10-8-21(9-11-22)25-24(28)20-6-4-19(5-7-20)17-26-12-14-27(15-13-26)18-23-3-2-16-30-23/h4-11,23H,2-3,12-18H2,1H3,(H,25,28)/p+2/t23-/m0/s1. The van der Waals surface area contributed by atoms with Gasteiger partial charge in [-0.3, -0.25) is 4.79 Å². The average molecular weight is 412 g/mol. The lowest BCUT2D eigenvalue weighted by Gasteiger charge is -2.30. The molecule has 2 aromatic rings. The van der Waals surface area contributed by atoms with Crippen molar-refractivity contribution in [2.45, 2.75) is 25.5 Å². The zero-order valence-electron chi connectivity index (χ0n) is 17.8. The van der Waals surface area contributed by atoms with Crippen molar-refractivity contribution in [2.24, 2.45) is 0 Å². The van der Waals surface area contributed by atoms with E-state index < -0.39 is 0 Å². The van der Waals surface area contributed by atoms with Crippen LogP contribution in [-0.4, -0.2) is 58.5 Å². The fourth-order valence-corrected chi connectivity index (χ4v) is 4.41. The van der Waals surface area contributed by atoms with Gasteiger partial charge in [-0.15, -0.1) is 0 Å². The molecule has 2 saturated heterocycles. The van der Waals surface area contributed by atoms with Gasteiger partial charge in [0.1, 0.15) is 51.1 Å². The van der Waals surface area contributed by atoms with Gasteiger partial charge in [0.15, 0.2) is 0 Å². The molecule has 3 N–H and O–H groups in total.